The van der Waals surface area contributed by atoms with Crippen molar-refractivity contribution in [2.45, 2.75) is 31.8 Å². The van der Waals surface area contributed by atoms with Gasteiger partial charge in [0.25, 0.3) is 0 Å². The van der Waals surface area contributed by atoms with E-state index in [9.17, 15) is 31.5 Å². The number of imidazole rings is 1. The van der Waals surface area contributed by atoms with Crippen LogP contribution in [0.4, 0.5) is 18.9 Å². The molecule has 0 bridgehead atoms. The standard InChI is InChI=1S/C26H20BrF3N4O5S/c1-2-5-21-31-19-8-9-20(25(35)36)32-24(19)34(21)12-16-14-10-11-39-13-17(14)23(27)22(16)15-6-3-4-7-18(15)33-40(37,38)26(28,29)30/h3-4,6-11,13,33H,2,5,12H2,1H3,(H,35,36). The van der Waals surface area contributed by atoms with Crippen LogP contribution in [-0.2, 0) is 23.0 Å². The minimum atomic E-state index is -5.71. The number of nitrogens with one attached hydrogen (secondary N) is 1. The molecule has 14 heteroatoms. The number of aryl methyl sites for hydroxylation is 1. The van der Waals surface area contributed by atoms with Crippen LogP contribution in [0, 0.1) is 0 Å². The summed E-state index contributed by atoms with van der Waals surface area (Å²) in [7, 11) is -5.71. The Bertz CT molecular complexity index is 1830. The fraction of sp³-hybridized carbons (Fsp3) is 0.192. The predicted octanol–water partition coefficient (Wildman–Crippen LogP) is 6.52. The van der Waals surface area contributed by atoms with E-state index >= 15 is 0 Å². The smallest absolute Gasteiger partial charge is 0.477 e. The summed E-state index contributed by atoms with van der Waals surface area (Å²) in [6.07, 6.45) is 4.19. The van der Waals surface area contributed by atoms with Crippen molar-refractivity contribution in [3.63, 3.8) is 0 Å². The zero-order valence-electron chi connectivity index (χ0n) is 20.7. The van der Waals surface area contributed by atoms with Gasteiger partial charge in [0.1, 0.15) is 11.3 Å². The number of para-hydroxylation sites is 1. The van der Waals surface area contributed by atoms with Gasteiger partial charge in [-0.05, 0) is 57.7 Å². The molecule has 0 saturated heterocycles. The second-order valence-corrected chi connectivity index (χ2v) is 11.3. The molecule has 40 heavy (non-hydrogen) atoms. The van der Waals surface area contributed by atoms with Crippen molar-refractivity contribution < 1.29 is 35.9 Å². The molecule has 1 aromatic carbocycles. The van der Waals surface area contributed by atoms with Crippen molar-refractivity contribution in [2.24, 2.45) is 0 Å². The highest BCUT2D eigenvalue weighted by Crippen LogP contribution is 2.48. The number of anilines is 1. The fourth-order valence-corrected chi connectivity index (χ4v) is 5.89. The van der Waals surface area contributed by atoms with Gasteiger partial charge in [-0.25, -0.2) is 14.8 Å². The van der Waals surface area contributed by atoms with Crippen LogP contribution in [0.5, 0.6) is 0 Å². The largest absolute Gasteiger partial charge is 0.516 e. The summed E-state index contributed by atoms with van der Waals surface area (Å²) >= 11 is 3.55. The summed E-state index contributed by atoms with van der Waals surface area (Å²) in [5.41, 5.74) is -2.65. The summed E-state index contributed by atoms with van der Waals surface area (Å²) in [6.45, 7) is 2.06. The SMILES string of the molecule is CCCc1nc2ccc(C(=O)O)nc2n1Cc1c2ccocc-2c(Br)c1-c1ccccc1NS(=O)(=O)C(F)(F)F. The molecule has 0 unspecified atom stereocenters. The Morgan fingerprint density at radius 1 is 1.10 bits per heavy atom. The second-order valence-electron chi connectivity index (χ2n) is 8.86. The summed E-state index contributed by atoms with van der Waals surface area (Å²) in [4.78, 5) is 20.6. The molecule has 1 aliphatic heterocycles. The van der Waals surface area contributed by atoms with Crippen molar-refractivity contribution in [1.29, 1.82) is 0 Å². The highest BCUT2D eigenvalue weighted by Gasteiger charge is 2.46. The number of aromatic nitrogens is 3. The number of carbonyl (C=O) groups is 1. The number of alkyl halides is 3. The molecule has 2 N–H and O–H groups in total. The number of fused-ring (bicyclic) bond motifs is 2. The normalized spacial score (nSPS) is 12.3. The van der Waals surface area contributed by atoms with Crippen molar-refractivity contribution in [3.05, 3.63) is 76.5 Å². The van der Waals surface area contributed by atoms with E-state index in [-0.39, 0.29) is 23.5 Å². The van der Waals surface area contributed by atoms with Gasteiger partial charge in [-0.1, -0.05) is 25.1 Å². The Labute approximate surface area is 234 Å². The first kappa shape index (κ1) is 27.6. The molecule has 0 spiro atoms. The number of hydrogen-bond acceptors (Lipinski definition) is 6. The van der Waals surface area contributed by atoms with Crippen molar-refractivity contribution >= 4 is 48.8 Å². The number of carboxylic acid groups (broad SMARTS) is 1. The molecule has 3 aromatic rings. The first-order valence-corrected chi connectivity index (χ1v) is 14.1. The lowest BCUT2D eigenvalue weighted by Crippen LogP contribution is -2.30. The third kappa shape index (κ3) is 4.81. The Balaban J connectivity index is 1.76. The van der Waals surface area contributed by atoms with E-state index in [1.54, 1.807) is 27.5 Å². The van der Waals surface area contributed by atoms with E-state index in [2.05, 4.69) is 25.9 Å². The van der Waals surface area contributed by atoms with Crippen LogP contribution in [0.15, 0.2) is 63.9 Å². The molecule has 0 radical (unpaired) electrons. The van der Waals surface area contributed by atoms with Crippen LogP contribution in [0.25, 0.3) is 33.4 Å². The van der Waals surface area contributed by atoms with Crippen molar-refractivity contribution in [2.75, 3.05) is 4.72 Å². The summed E-state index contributed by atoms with van der Waals surface area (Å²) in [5.74, 6) is -0.572. The highest BCUT2D eigenvalue weighted by atomic mass is 79.9. The van der Waals surface area contributed by atoms with Crippen LogP contribution >= 0.6 is 15.9 Å². The number of pyridine rings is 1. The molecule has 2 aromatic heterocycles. The monoisotopic (exact) mass is 636 g/mol. The van der Waals surface area contributed by atoms with Gasteiger partial charge in [0, 0.05) is 27.6 Å². The summed E-state index contributed by atoms with van der Waals surface area (Å²) in [6, 6.07) is 10.4. The Morgan fingerprint density at radius 3 is 2.55 bits per heavy atom. The molecular weight excluding hydrogens is 617 g/mol. The Morgan fingerprint density at radius 2 is 1.85 bits per heavy atom. The zero-order chi connectivity index (χ0) is 28.8. The van der Waals surface area contributed by atoms with E-state index < -0.39 is 21.5 Å². The maximum atomic E-state index is 13.3. The minimum Gasteiger partial charge on any atom is -0.477 e. The fourth-order valence-electron chi connectivity index (χ4n) is 4.55. The summed E-state index contributed by atoms with van der Waals surface area (Å²) in [5, 5.41) is 9.51. The quantitative estimate of drug-likeness (QED) is 0.198. The van der Waals surface area contributed by atoms with Gasteiger partial charge in [0.2, 0.25) is 0 Å². The van der Waals surface area contributed by atoms with Gasteiger partial charge in [-0.2, -0.15) is 21.6 Å². The Hall–Kier alpha value is -3.91. The van der Waals surface area contributed by atoms with Crippen molar-refractivity contribution in [1.82, 2.24) is 14.5 Å². The molecule has 5 rings (SSSR count). The van der Waals surface area contributed by atoms with Gasteiger partial charge in [0.05, 0.1) is 24.8 Å². The highest BCUT2D eigenvalue weighted by molar-refractivity contribution is 9.10. The van der Waals surface area contributed by atoms with E-state index in [0.717, 1.165) is 6.42 Å². The third-order valence-electron chi connectivity index (χ3n) is 6.30. The zero-order valence-corrected chi connectivity index (χ0v) is 23.1. The maximum absolute atomic E-state index is 13.3. The minimum absolute atomic E-state index is 0.101. The number of halogens is 4. The molecule has 208 valence electrons. The number of aromatic carboxylic acids is 1. The lowest BCUT2D eigenvalue weighted by atomic mass is 10.0. The lowest BCUT2D eigenvalue weighted by Gasteiger charge is -2.16. The van der Waals surface area contributed by atoms with E-state index in [1.165, 1.54) is 36.8 Å². The number of nitrogens with zero attached hydrogens (tertiary/aromatic N) is 3. The van der Waals surface area contributed by atoms with Crippen LogP contribution in [0.1, 0.15) is 35.2 Å². The van der Waals surface area contributed by atoms with Crippen LogP contribution in [0.3, 0.4) is 0 Å². The van der Waals surface area contributed by atoms with E-state index in [1.807, 2.05) is 6.92 Å². The van der Waals surface area contributed by atoms with Gasteiger partial charge in [-0.15, -0.1) is 0 Å². The number of sulfonamides is 1. The second kappa shape index (κ2) is 10.2. The summed E-state index contributed by atoms with van der Waals surface area (Å²) < 4.78 is 73.1. The molecule has 0 amide bonds. The average molecular weight is 637 g/mol. The molecule has 1 aliphatic carbocycles. The molecular formula is C26H20BrF3N4O5S. The number of rotatable bonds is 8. The van der Waals surface area contributed by atoms with Crippen LogP contribution < -0.4 is 4.72 Å². The number of benzene rings is 1. The lowest BCUT2D eigenvalue weighted by molar-refractivity contribution is -0.0429. The van der Waals surface area contributed by atoms with E-state index in [0.29, 0.717) is 50.1 Å². The molecule has 9 nitrogen and oxygen atoms in total. The third-order valence-corrected chi connectivity index (χ3v) is 8.22. The first-order chi connectivity index (χ1) is 18.9. The molecule has 3 heterocycles. The number of carboxylic acids is 1. The molecule has 2 aliphatic rings. The topological polar surface area (TPSA) is 127 Å². The molecule has 0 atom stereocenters. The predicted molar refractivity (Wildman–Crippen MR) is 145 cm³/mol. The number of hydrogen-bond donors (Lipinski definition) is 2. The molecule has 0 fully saturated rings. The van der Waals surface area contributed by atoms with E-state index in [4.69, 9.17) is 4.42 Å². The van der Waals surface area contributed by atoms with Crippen LogP contribution in [-0.4, -0.2) is 39.5 Å². The average Bonchev–Trinajstić information content (AvgIpc) is 3.38. The maximum Gasteiger partial charge on any atom is 0.516 e. The molecule has 0 saturated carbocycles. The van der Waals surface area contributed by atoms with Gasteiger partial charge >= 0.3 is 21.5 Å². The van der Waals surface area contributed by atoms with Gasteiger partial charge in [0.15, 0.2) is 11.3 Å². The first-order valence-electron chi connectivity index (χ1n) is 11.9. The van der Waals surface area contributed by atoms with Gasteiger partial charge < -0.3 is 14.1 Å². The van der Waals surface area contributed by atoms with Crippen LogP contribution in [0.2, 0.25) is 0 Å². The van der Waals surface area contributed by atoms with Crippen molar-refractivity contribution in [3.8, 4) is 22.3 Å². The Kier molecular flexibility index (Phi) is 7.08. The van der Waals surface area contributed by atoms with Gasteiger partial charge in [-0.3, -0.25) is 4.72 Å².